The van der Waals surface area contributed by atoms with Gasteiger partial charge in [-0.15, -0.1) is 0 Å². The van der Waals surface area contributed by atoms with Crippen molar-refractivity contribution in [3.8, 4) is 6.07 Å². The van der Waals surface area contributed by atoms with E-state index in [2.05, 4.69) is 70.2 Å². The molecule has 6 aliphatic carbocycles. The van der Waals surface area contributed by atoms with E-state index in [9.17, 15) is 14.9 Å². The molecule has 0 bridgehead atoms. The zero-order valence-electron chi connectivity index (χ0n) is 30.8. The first kappa shape index (κ1) is 35.7. The van der Waals surface area contributed by atoms with E-state index in [1.165, 1.54) is 64.2 Å². The molecule has 2 unspecified atom stereocenters. The van der Waals surface area contributed by atoms with Gasteiger partial charge in [-0.05, 0) is 0 Å². The van der Waals surface area contributed by atoms with Crippen LogP contribution in [-0.2, 0) is 9.59 Å². The zero-order valence-corrected chi connectivity index (χ0v) is 33.0. The van der Waals surface area contributed by atoms with Crippen LogP contribution in [0.2, 0.25) is 0 Å². The van der Waals surface area contributed by atoms with E-state index in [-0.39, 0.29) is 60.3 Å². The summed E-state index contributed by atoms with van der Waals surface area (Å²) in [4.78, 5) is 28.1. The van der Waals surface area contributed by atoms with E-state index in [4.69, 9.17) is 0 Å². The number of nitrogens with zero attached hydrogens (tertiary/aromatic N) is 1. The molecule has 6 rings (SSSR count). The number of Topliss-reactive ketones (excluding diaryl/α,β-unsaturated/α-hetero) is 1. The second-order valence-corrected chi connectivity index (χ2v) is 21.9. The van der Waals surface area contributed by atoms with E-state index >= 15 is 0 Å². The number of alkyl halides is 1. The number of amides is 1. The fourth-order valence-corrected chi connectivity index (χ4v) is 15.3. The number of fused-ring (bicyclic) bond motifs is 7. The zero-order chi connectivity index (χ0) is 33.9. The van der Waals surface area contributed by atoms with Gasteiger partial charge in [-0.25, -0.2) is 0 Å². The van der Waals surface area contributed by atoms with Crippen LogP contribution >= 0.6 is 0 Å². The molecule has 4 nitrogen and oxygen atoms in total. The summed E-state index contributed by atoms with van der Waals surface area (Å²) in [6.07, 6.45) is 26.7. The molecule has 4 saturated carbocycles. The monoisotopic (exact) mass is 755 g/mol. The summed E-state index contributed by atoms with van der Waals surface area (Å²) in [6.45, 7) is 16.6. The van der Waals surface area contributed by atoms with Gasteiger partial charge in [0.15, 0.2) is 0 Å². The minimum absolute atomic E-state index is 0.0157. The van der Waals surface area contributed by atoms with Crippen molar-refractivity contribution in [1.82, 2.24) is 3.53 Å². The number of ketones is 1. The number of nitrogens with one attached hydrogen (secondary N) is 1. The SMILES string of the molecule is CC1(C)CCC2(C(=O)N[I-]C3CCCCCCCCCC3)CC[C@]3(C)C(=CCC4[C@@]5(C)C=C(C#N)C(=O)C(C)(C)[C@@H]5CC[C@]43C)[C@@H]2C1. The number of hydrogen-bond donors (Lipinski definition) is 1. The number of hydrogen-bond acceptors (Lipinski definition) is 3. The Hall–Kier alpha value is -1.16. The van der Waals surface area contributed by atoms with Crippen molar-refractivity contribution in [3.63, 3.8) is 0 Å². The summed E-state index contributed by atoms with van der Waals surface area (Å²) in [5.74, 6) is 1.36. The van der Waals surface area contributed by atoms with Crippen molar-refractivity contribution < 1.29 is 31.1 Å². The fraction of sp³-hybridized carbons (Fsp3) is 0.833. The number of halogens is 1. The van der Waals surface area contributed by atoms with Gasteiger partial charge in [-0.1, -0.05) is 0 Å². The molecule has 0 aromatic heterocycles. The normalized spacial score (nSPS) is 42.2. The Morgan fingerprint density at radius 3 is 2.09 bits per heavy atom. The van der Waals surface area contributed by atoms with Crippen molar-refractivity contribution in [1.29, 1.82) is 5.26 Å². The third-order valence-corrected chi connectivity index (χ3v) is 18.5. The summed E-state index contributed by atoms with van der Waals surface area (Å²) in [5, 5.41) is 10.1. The van der Waals surface area contributed by atoms with Gasteiger partial charge in [0.1, 0.15) is 0 Å². The van der Waals surface area contributed by atoms with Crippen LogP contribution in [0.3, 0.4) is 0 Å². The van der Waals surface area contributed by atoms with Gasteiger partial charge in [0.25, 0.3) is 0 Å². The Bertz CT molecular complexity index is 1340. The standard InChI is InChI=1S/C42H64IN2O2/c1-37(2)22-24-42(36(47)45-43-30-16-14-12-10-8-9-11-13-15-17-30)25-23-40(6)31(32(42)27-37)18-19-34-39(5)26-29(28-44)35(46)38(3,4)33(39)20-21-41(34,40)7/h18,26,30,32-34H,8-17,19-25,27H2,1-7H3,(H,45,47)/q-1/t32-,33-,34?,39-,40+,41+,42?/m0/s1. The van der Waals surface area contributed by atoms with Gasteiger partial charge in [0, 0.05) is 0 Å². The molecule has 1 N–H and O–H groups in total. The van der Waals surface area contributed by atoms with E-state index in [1.54, 1.807) is 5.57 Å². The van der Waals surface area contributed by atoms with E-state index < -0.39 is 5.41 Å². The van der Waals surface area contributed by atoms with Gasteiger partial charge >= 0.3 is 289 Å². The van der Waals surface area contributed by atoms with Crippen LogP contribution in [0.15, 0.2) is 23.3 Å². The van der Waals surface area contributed by atoms with Gasteiger partial charge in [0.05, 0.1) is 0 Å². The predicted octanol–water partition coefficient (Wildman–Crippen LogP) is 7.43. The average molecular weight is 756 g/mol. The molecule has 4 fully saturated rings. The molecule has 0 aliphatic heterocycles. The average Bonchev–Trinajstić information content (AvgIpc) is 3.08. The number of carbonyl (C=O) groups excluding carboxylic acids is 2. The predicted molar refractivity (Wildman–Crippen MR) is 187 cm³/mol. The maximum absolute atomic E-state index is 14.7. The summed E-state index contributed by atoms with van der Waals surface area (Å²) in [6, 6.07) is 2.31. The van der Waals surface area contributed by atoms with Crippen molar-refractivity contribution in [2.75, 3.05) is 0 Å². The molecule has 0 radical (unpaired) electrons. The molecule has 0 saturated heterocycles. The van der Waals surface area contributed by atoms with Crippen LogP contribution in [0.5, 0.6) is 0 Å². The van der Waals surface area contributed by atoms with Gasteiger partial charge < -0.3 is 0 Å². The van der Waals surface area contributed by atoms with Crippen LogP contribution in [0, 0.1) is 61.6 Å². The minimum atomic E-state index is -0.523. The third-order valence-electron chi connectivity index (χ3n) is 15.6. The Labute approximate surface area is 297 Å². The first-order chi connectivity index (χ1) is 22.1. The molecule has 6 aliphatic rings. The Morgan fingerprint density at radius 1 is 0.830 bits per heavy atom. The molecule has 0 aromatic rings. The summed E-state index contributed by atoms with van der Waals surface area (Å²) < 4.78 is 4.48. The molecular weight excluding hydrogens is 691 g/mol. The number of nitriles is 1. The second-order valence-electron chi connectivity index (χ2n) is 19.0. The molecule has 47 heavy (non-hydrogen) atoms. The fourth-order valence-electron chi connectivity index (χ4n) is 12.5. The summed E-state index contributed by atoms with van der Waals surface area (Å²) >= 11 is -0.359. The maximum atomic E-state index is 14.7. The van der Waals surface area contributed by atoms with E-state index in [0.29, 0.717) is 23.3 Å². The number of allylic oxidation sites excluding steroid dienone is 4. The number of carbonyl (C=O) groups is 2. The molecule has 0 heterocycles. The third kappa shape index (κ3) is 5.83. The van der Waals surface area contributed by atoms with Crippen molar-refractivity contribution in [3.05, 3.63) is 23.3 Å². The molecule has 0 spiro atoms. The van der Waals surface area contributed by atoms with Gasteiger partial charge in [-0.3, -0.25) is 4.79 Å². The van der Waals surface area contributed by atoms with Crippen LogP contribution in [-0.4, -0.2) is 15.6 Å². The van der Waals surface area contributed by atoms with Gasteiger partial charge in [-0.2, -0.15) is 5.26 Å². The van der Waals surface area contributed by atoms with Crippen molar-refractivity contribution >= 4 is 11.7 Å². The van der Waals surface area contributed by atoms with Crippen molar-refractivity contribution in [2.45, 2.75) is 168 Å². The van der Waals surface area contributed by atoms with Crippen LogP contribution < -0.4 is 25.0 Å². The quantitative estimate of drug-likeness (QED) is 0.141. The Balaban J connectivity index is 1.30. The molecule has 1 amide bonds. The van der Waals surface area contributed by atoms with Crippen molar-refractivity contribution in [2.24, 2.45) is 50.2 Å². The van der Waals surface area contributed by atoms with E-state index in [1.807, 2.05) is 0 Å². The van der Waals surface area contributed by atoms with Gasteiger partial charge in [0.2, 0.25) is 0 Å². The summed E-state index contributed by atoms with van der Waals surface area (Å²) in [5.41, 5.74) is 1.28. The molecule has 262 valence electrons. The first-order valence-corrected chi connectivity index (χ1v) is 21.8. The van der Waals surface area contributed by atoms with Crippen LogP contribution in [0.4, 0.5) is 0 Å². The topological polar surface area (TPSA) is 70.0 Å². The Morgan fingerprint density at radius 2 is 1.45 bits per heavy atom. The summed E-state index contributed by atoms with van der Waals surface area (Å²) in [7, 11) is 0. The second kappa shape index (κ2) is 12.9. The molecular formula is C42H64IN2O2-. The molecule has 7 atom stereocenters. The number of rotatable bonds is 3. The Kier molecular flexibility index (Phi) is 9.76. The van der Waals surface area contributed by atoms with Crippen LogP contribution in [0.25, 0.3) is 0 Å². The first-order valence-electron chi connectivity index (χ1n) is 19.5. The molecule has 0 aromatic carbocycles. The van der Waals surface area contributed by atoms with Crippen LogP contribution in [0.1, 0.15) is 164 Å². The molecule has 5 heteroatoms. The van der Waals surface area contributed by atoms with E-state index in [0.717, 1.165) is 55.3 Å².